The van der Waals surface area contributed by atoms with E-state index in [1.165, 1.54) is 0 Å². The molecule has 2 aliphatic heterocycles. The Bertz CT molecular complexity index is 162. The van der Waals surface area contributed by atoms with Crippen molar-refractivity contribution in [3.05, 3.63) is 0 Å². The van der Waals surface area contributed by atoms with Crippen LogP contribution in [0, 0.1) is 0 Å². The summed E-state index contributed by atoms with van der Waals surface area (Å²) in [5.74, 6) is 0. The summed E-state index contributed by atoms with van der Waals surface area (Å²) in [4.78, 5) is 0. The van der Waals surface area contributed by atoms with Crippen LogP contribution in [-0.4, -0.2) is 35.6 Å². The van der Waals surface area contributed by atoms with E-state index in [2.05, 4.69) is 22.6 Å². The third-order valence-electron chi connectivity index (χ3n) is 2.28. The van der Waals surface area contributed by atoms with Crippen LogP contribution in [0.3, 0.4) is 0 Å². The molecule has 2 rings (SSSR count). The highest BCUT2D eigenvalue weighted by molar-refractivity contribution is 14.1. The first-order valence-corrected chi connectivity index (χ1v) is 5.54. The van der Waals surface area contributed by atoms with Gasteiger partial charge in [0.1, 0.15) is 16.3 Å². The van der Waals surface area contributed by atoms with E-state index in [1.54, 1.807) is 0 Å². The largest absolute Gasteiger partial charge is 0.373 e. The SMILES string of the molecule is CC(I)OC1COC2CCOC21. The average molecular weight is 284 g/mol. The molecule has 2 saturated heterocycles. The van der Waals surface area contributed by atoms with Crippen molar-refractivity contribution in [2.75, 3.05) is 13.2 Å². The molecule has 0 aromatic heterocycles. The topological polar surface area (TPSA) is 27.7 Å². The van der Waals surface area contributed by atoms with Gasteiger partial charge in [-0.05, 0) is 13.3 Å². The van der Waals surface area contributed by atoms with Gasteiger partial charge < -0.3 is 14.2 Å². The number of alkyl halides is 1. The Morgan fingerprint density at radius 2 is 2.33 bits per heavy atom. The molecular formula is C8H13IO3. The number of ether oxygens (including phenoxy) is 3. The van der Waals surface area contributed by atoms with E-state index >= 15 is 0 Å². The van der Waals surface area contributed by atoms with Crippen molar-refractivity contribution in [1.29, 1.82) is 0 Å². The van der Waals surface area contributed by atoms with Gasteiger partial charge in [-0.2, -0.15) is 0 Å². The molecular weight excluding hydrogens is 271 g/mol. The Morgan fingerprint density at radius 1 is 1.50 bits per heavy atom. The van der Waals surface area contributed by atoms with E-state index in [-0.39, 0.29) is 16.3 Å². The minimum absolute atomic E-state index is 0.157. The minimum atomic E-state index is 0.157. The molecule has 2 aliphatic rings. The Balaban J connectivity index is 1.91. The van der Waals surface area contributed by atoms with Gasteiger partial charge in [-0.25, -0.2) is 0 Å². The van der Waals surface area contributed by atoms with Crippen molar-refractivity contribution in [3.8, 4) is 0 Å². The predicted molar refractivity (Wildman–Crippen MR) is 52.5 cm³/mol. The van der Waals surface area contributed by atoms with Gasteiger partial charge in [0.25, 0.3) is 0 Å². The first-order valence-electron chi connectivity index (χ1n) is 4.30. The maximum Gasteiger partial charge on any atom is 0.112 e. The lowest BCUT2D eigenvalue weighted by molar-refractivity contribution is -0.0317. The maximum absolute atomic E-state index is 5.66. The minimum Gasteiger partial charge on any atom is -0.373 e. The molecule has 0 radical (unpaired) electrons. The summed E-state index contributed by atoms with van der Waals surface area (Å²) in [7, 11) is 0. The van der Waals surface area contributed by atoms with Crippen molar-refractivity contribution in [2.45, 2.75) is 35.8 Å². The van der Waals surface area contributed by atoms with E-state index in [1.807, 2.05) is 6.92 Å². The van der Waals surface area contributed by atoms with Gasteiger partial charge in [0.05, 0.1) is 12.7 Å². The van der Waals surface area contributed by atoms with Gasteiger partial charge in [0.2, 0.25) is 0 Å². The Kier molecular flexibility index (Phi) is 2.89. The van der Waals surface area contributed by atoms with Gasteiger partial charge in [-0.3, -0.25) is 0 Å². The standard InChI is InChI=1S/C8H13IO3/c1-5(9)12-7-4-11-6-2-3-10-8(6)7/h5-8H,2-4H2,1H3. The zero-order valence-electron chi connectivity index (χ0n) is 7.03. The van der Waals surface area contributed by atoms with Crippen LogP contribution in [0.5, 0.6) is 0 Å². The van der Waals surface area contributed by atoms with Crippen LogP contribution in [0.15, 0.2) is 0 Å². The highest BCUT2D eigenvalue weighted by atomic mass is 127. The summed E-state index contributed by atoms with van der Waals surface area (Å²) < 4.78 is 17.0. The average Bonchev–Trinajstić information content (AvgIpc) is 2.52. The van der Waals surface area contributed by atoms with Crippen LogP contribution < -0.4 is 0 Å². The summed E-state index contributed by atoms with van der Waals surface area (Å²) >= 11 is 2.25. The van der Waals surface area contributed by atoms with Crippen LogP contribution in [0.4, 0.5) is 0 Å². The molecule has 4 atom stereocenters. The van der Waals surface area contributed by atoms with Gasteiger partial charge in [-0.15, -0.1) is 0 Å². The first kappa shape index (κ1) is 9.18. The van der Waals surface area contributed by atoms with Gasteiger partial charge in [0.15, 0.2) is 0 Å². The molecule has 70 valence electrons. The molecule has 12 heavy (non-hydrogen) atoms. The number of hydrogen-bond donors (Lipinski definition) is 0. The van der Waals surface area contributed by atoms with E-state index < -0.39 is 0 Å². The Hall–Kier alpha value is 0.610. The van der Waals surface area contributed by atoms with Gasteiger partial charge in [0, 0.05) is 6.61 Å². The number of fused-ring (bicyclic) bond motifs is 1. The molecule has 4 unspecified atom stereocenters. The zero-order chi connectivity index (χ0) is 8.55. The summed E-state index contributed by atoms with van der Waals surface area (Å²) in [5, 5.41) is 0. The van der Waals surface area contributed by atoms with Crippen molar-refractivity contribution >= 4 is 22.6 Å². The fourth-order valence-corrected chi connectivity index (χ4v) is 2.16. The quantitative estimate of drug-likeness (QED) is 0.566. The molecule has 2 fully saturated rings. The van der Waals surface area contributed by atoms with E-state index in [4.69, 9.17) is 14.2 Å². The molecule has 0 spiro atoms. The third kappa shape index (κ3) is 1.76. The molecule has 0 amide bonds. The molecule has 0 aliphatic carbocycles. The zero-order valence-corrected chi connectivity index (χ0v) is 9.19. The molecule has 4 heteroatoms. The van der Waals surface area contributed by atoms with Crippen LogP contribution in [-0.2, 0) is 14.2 Å². The lowest BCUT2D eigenvalue weighted by atomic mass is 10.1. The van der Waals surface area contributed by atoms with Crippen LogP contribution >= 0.6 is 22.6 Å². The molecule has 2 heterocycles. The summed E-state index contributed by atoms with van der Waals surface area (Å²) in [5.41, 5.74) is 0. The Morgan fingerprint density at radius 3 is 3.08 bits per heavy atom. The van der Waals surface area contributed by atoms with Crippen LogP contribution in [0.25, 0.3) is 0 Å². The fourth-order valence-electron chi connectivity index (χ4n) is 1.79. The van der Waals surface area contributed by atoms with Gasteiger partial charge >= 0.3 is 0 Å². The molecule has 0 aromatic rings. The van der Waals surface area contributed by atoms with Gasteiger partial charge in [-0.1, -0.05) is 22.6 Å². The Labute approximate surface area is 85.9 Å². The predicted octanol–water partition coefficient (Wildman–Crippen LogP) is 1.34. The number of halogens is 1. The number of rotatable bonds is 2. The van der Waals surface area contributed by atoms with Crippen LogP contribution in [0.2, 0.25) is 0 Å². The van der Waals surface area contributed by atoms with E-state index in [0.29, 0.717) is 12.7 Å². The highest BCUT2D eigenvalue weighted by Crippen LogP contribution is 2.29. The first-order chi connectivity index (χ1) is 5.77. The normalized spacial score (nSPS) is 43.0. The second-order valence-corrected chi connectivity index (χ2v) is 4.97. The number of hydrogen-bond acceptors (Lipinski definition) is 3. The second-order valence-electron chi connectivity index (χ2n) is 3.21. The molecule has 0 aromatic carbocycles. The fraction of sp³-hybridized carbons (Fsp3) is 1.00. The van der Waals surface area contributed by atoms with Crippen LogP contribution in [0.1, 0.15) is 13.3 Å². The smallest absolute Gasteiger partial charge is 0.112 e. The maximum atomic E-state index is 5.66. The lowest BCUT2D eigenvalue weighted by Crippen LogP contribution is -2.31. The van der Waals surface area contributed by atoms with Crippen molar-refractivity contribution in [1.82, 2.24) is 0 Å². The van der Waals surface area contributed by atoms with Crippen molar-refractivity contribution < 1.29 is 14.2 Å². The monoisotopic (exact) mass is 284 g/mol. The second kappa shape index (κ2) is 3.77. The van der Waals surface area contributed by atoms with Crippen molar-refractivity contribution in [3.63, 3.8) is 0 Å². The summed E-state index contributed by atoms with van der Waals surface area (Å²) in [6.45, 7) is 3.55. The molecule has 0 N–H and O–H groups in total. The lowest BCUT2D eigenvalue weighted by Gasteiger charge is -2.17. The molecule has 3 nitrogen and oxygen atoms in total. The van der Waals surface area contributed by atoms with Crippen molar-refractivity contribution in [2.24, 2.45) is 0 Å². The van der Waals surface area contributed by atoms with E-state index in [9.17, 15) is 0 Å². The summed E-state index contributed by atoms with van der Waals surface area (Å²) in [6, 6.07) is 0. The molecule has 0 saturated carbocycles. The van der Waals surface area contributed by atoms with E-state index in [0.717, 1.165) is 13.0 Å². The summed E-state index contributed by atoms with van der Waals surface area (Å²) in [6.07, 6.45) is 1.68. The highest BCUT2D eigenvalue weighted by Gasteiger charge is 2.42. The molecule has 0 bridgehead atoms. The third-order valence-corrected chi connectivity index (χ3v) is 2.58.